The van der Waals surface area contributed by atoms with Crippen molar-refractivity contribution in [3.8, 4) is 11.5 Å². The van der Waals surface area contributed by atoms with E-state index < -0.39 is 16.3 Å². The van der Waals surface area contributed by atoms with Crippen molar-refractivity contribution in [1.82, 2.24) is 13.9 Å². The van der Waals surface area contributed by atoms with Crippen LogP contribution in [0, 0.1) is 0 Å². The van der Waals surface area contributed by atoms with Gasteiger partial charge in [-0.05, 0) is 25.1 Å². The number of methoxy groups -OCH3 is 2. The molecule has 1 aromatic carbocycles. The lowest BCUT2D eigenvalue weighted by molar-refractivity contribution is -0.119. The second-order valence-electron chi connectivity index (χ2n) is 5.49. The zero-order valence-corrected chi connectivity index (χ0v) is 14.9. The van der Waals surface area contributed by atoms with E-state index in [1.807, 2.05) is 0 Å². The van der Waals surface area contributed by atoms with E-state index in [1.165, 1.54) is 11.4 Å². The molecule has 24 heavy (non-hydrogen) atoms. The Morgan fingerprint density at radius 3 is 2.38 bits per heavy atom. The molecule has 1 aliphatic heterocycles. The van der Waals surface area contributed by atoms with Crippen LogP contribution in [-0.4, -0.2) is 64.4 Å². The minimum absolute atomic E-state index is 0.274. The number of hydrogen-bond acceptors (Lipinski definition) is 5. The highest BCUT2D eigenvalue weighted by molar-refractivity contribution is 7.87. The van der Waals surface area contributed by atoms with Crippen LogP contribution in [0.1, 0.15) is 18.5 Å². The first-order valence-electron chi connectivity index (χ1n) is 7.60. The van der Waals surface area contributed by atoms with Gasteiger partial charge in [-0.15, -0.1) is 0 Å². The standard InChI is InChI=1S/C15H23N3O5S/c1-12(14-10-13(22-2)4-5-15(14)23-3)16-24(20,21)18-8-6-17(11-19)7-9-18/h4-5,10-12,16H,6-9H2,1-3H3. The molecule has 1 amide bonds. The van der Waals surface area contributed by atoms with Crippen LogP contribution in [0.2, 0.25) is 0 Å². The number of carbonyl (C=O) groups excluding carboxylic acids is 1. The summed E-state index contributed by atoms with van der Waals surface area (Å²) >= 11 is 0. The smallest absolute Gasteiger partial charge is 0.280 e. The van der Waals surface area contributed by atoms with Gasteiger partial charge >= 0.3 is 0 Å². The van der Waals surface area contributed by atoms with Crippen molar-refractivity contribution < 1.29 is 22.7 Å². The molecule has 0 radical (unpaired) electrons. The second kappa shape index (κ2) is 7.82. The third-order valence-electron chi connectivity index (χ3n) is 3.99. The lowest BCUT2D eigenvalue weighted by Gasteiger charge is -2.32. The number of benzene rings is 1. The number of hydrogen-bond donors (Lipinski definition) is 1. The molecule has 0 saturated carbocycles. The van der Waals surface area contributed by atoms with Crippen LogP contribution in [0.15, 0.2) is 18.2 Å². The van der Waals surface area contributed by atoms with Crippen molar-refractivity contribution in [2.75, 3.05) is 40.4 Å². The van der Waals surface area contributed by atoms with E-state index in [0.29, 0.717) is 30.2 Å². The van der Waals surface area contributed by atoms with Crippen molar-refractivity contribution in [2.45, 2.75) is 13.0 Å². The molecule has 134 valence electrons. The summed E-state index contributed by atoms with van der Waals surface area (Å²) < 4.78 is 39.6. The van der Waals surface area contributed by atoms with E-state index >= 15 is 0 Å². The zero-order chi connectivity index (χ0) is 17.7. The molecule has 1 atom stereocenters. The van der Waals surface area contributed by atoms with Gasteiger partial charge in [0.2, 0.25) is 6.41 Å². The van der Waals surface area contributed by atoms with E-state index in [0.717, 1.165) is 6.41 Å². The van der Waals surface area contributed by atoms with Crippen LogP contribution in [0.5, 0.6) is 11.5 Å². The Kier molecular flexibility index (Phi) is 6.03. The van der Waals surface area contributed by atoms with Crippen LogP contribution >= 0.6 is 0 Å². The van der Waals surface area contributed by atoms with Crippen molar-refractivity contribution in [3.63, 3.8) is 0 Å². The van der Waals surface area contributed by atoms with Gasteiger partial charge in [-0.3, -0.25) is 4.79 Å². The number of piperazine rings is 1. The van der Waals surface area contributed by atoms with Gasteiger partial charge in [0.05, 0.1) is 14.2 Å². The molecule has 1 aromatic rings. The molecule has 1 aliphatic rings. The van der Waals surface area contributed by atoms with Crippen LogP contribution in [0.3, 0.4) is 0 Å². The van der Waals surface area contributed by atoms with E-state index in [1.54, 1.807) is 37.1 Å². The Hall–Kier alpha value is -1.84. The van der Waals surface area contributed by atoms with Crippen molar-refractivity contribution >= 4 is 16.6 Å². The predicted molar refractivity (Wildman–Crippen MR) is 89.2 cm³/mol. The molecule has 1 N–H and O–H groups in total. The van der Waals surface area contributed by atoms with Gasteiger partial charge in [0, 0.05) is 37.8 Å². The first-order chi connectivity index (χ1) is 11.4. The van der Waals surface area contributed by atoms with Crippen LogP contribution < -0.4 is 14.2 Å². The molecule has 1 heterocycles. The molecule has 1 unspecified atom stereocenters. The lowest BCUT2D eigenvalue weighted by atomic mass is 10.1. The summed E-state index contributed by atoms with van der Waals surface area (Å²) in [6.45, 7) is 3.07. The quantitative estimate of drug-likeness (QED) is 0.713. The van der Waals surface area contributed by atoms with Gasteiger partial charge in [0.25, 0.3) is 10.2 Å². The molecule has 0 bridgehead atoms. The summed E-state index contributed by atoms with van der Waals surface area (Å²) in [6.07, 6.45) is 0.737. The minimum Gasteiger partial charge on any atom is -0.497 e. The topological polar surface area (TPSA) is 88.2 Å². The Balaban J connectivity index is 2.13. The fourth-order valence-corrected chi connectivity index (χ4v) is 3.96. The third-order valence-corrected chi connectivity index (χ3v) is 5.69. The number of ether oxygens (including phenoxy) is 2. The molecule has 2 rings (SSSR count). The Bertz CT molecular complexity index is 672. The minimum atomic E-state index is -3.66. The summed E-state index contributed by atoms with van der Waals surface area (Å²) in [5.41, 5.74) is 0.687. The van der Waals surface area contributed by atoms with Gasteiger partial charge in [-0.1, -0.05) is 0 Å². The average Bonchev–Trinajstić information content (AvgIpc) is 2.60. The normalized spacial score (nSPS) is 17.4. The van der Waals surface area contributed by atoms with Gasteiger partial charge in [-0.2, -0.15) is 17.4 Å². The summed E-state index contributed by atoms with van der Waals surface area (Å²) in [5.74, 6) is 1.20. The van der Waals surface area contributed by atoms with E-state index in [-0.39, 0.29) is 13.1 Å². The third kappa shape index (κ3) is 4.16. The van der Waals surface area contributed by atoms with Gasteiger partial charge in [0.15, 0.2) is 0 Å². The van der Waals surface area contributed by atoms with Gasteiger partial charge in [0.1, 0.15) is 11.5 Å². The Labute approximate surface area is 142 Å². The molecule has 9 heteroatoms. The highest BCUT2D eigenvalue weighted by Gasteiger charge is 2.28. The summed E-state index contributed by atoms with van der Waals surface area (Å²) in [5, 5.41) is 0. The number of carbonyl (C=O) groups is 1. The molecule has 8 nitrogen and oxygen atoms in total. The molecular formula is C15H23N3O5S. The SMILES string of the molecule is COc1ccc(OC)c(C(C)NS(=O)(=O)N2CCN(C=O)CC2)c1. The van der Waals surface area contributed by atoms with Crippen LogP contribution in [0.25, 0.3) is 0 Å². The summed E-state index contributed by atoms with van der Waals surface area (Å²) in [7, 11) is -0.581. The van der Waals surface area contributed by atoms with E-state index in [9.17, 15) is 13.2 Å². The van der Waals surface area contributed by atoms with Gasteiger partial charge < -0.3 is 14.4 Å². The molecule has 0 spiro atoms. The maximum atomic E-state index is 12.6. The van der Waals surface area contributed by atoms with Gasteiger partial charge in [-0.25, -0.2) is 0 Å². The highest BCUT2D eigenvalue weighted by Crippen LogP contribution is 2.29. The van der Waals surface area contributed by atoms with Crippen molar-refractivity contribution in [3.05, 3.63) is 23.8 Å². The Morgan fingerprint density at radius 1 is 1.17 bits per heavy atom. The molecule has 1 saturated heterocycles. The number of amides is 1. The van der Waals surface area contributed by atoms with E-state index in [4.69, 9.17) is 9.47 Å². The summed E-state index contributed by atoms with van der Waals surface area (Å²) in [4.78, 5) is 12.3. The average molecular weight is 357 g/mol. The first kappa shape index (κ1) is 18.5. The highest BCUT2D eigenvalue weighted by atomic mass is 32.2. The second-order valence-corrected chi connectivity index (χ2v) is 7.20. The number of nitrogens with one attached hydrogen (secondary N) is 1. The van der Waals surface area contributed by atoms with E-state index in [2.05, 4.69) is 4.72 Å². The first-order valence-corrected chi connectivity index (χ1v) is 9.04. The lowest BCUT2D eigenvalue weighted by Crippen LogP contribution is -2.51. The maximum absolute atomic E-state index is 12.6. The van der Waals surface area contributed by atoms with Crippen molar-refractivity contribution in [1.29, 1.82) is 0 Å². The fourth-order valence-electron chi connectivity index (χ4n) is 2.59. The van der Waals surface area contributed by atoms with Crippen molar-refractivity contribution in [2.24, 2.45) is 0 Å². The Morgan fingerprint density at radius 2 is 1.83 bits per heavy atom. The summed E-state index contributed by atoms with van der Waals surface area (Å²) in [6, 6.07) is 4.74. The monoisotopic (exact) mass is 357 g/mol. The predicted octanol–water partition coefficient (Wildman–Crippen LogP) is 0.373. The fraction of sp³-hybridized carbons (Fsp3) is 0.533. The number of nitrogens with zero attached hydrogens (tertiary/aromatic N) is 2. The molecule has 0 aliphatic carbocycles. The molecular weight excluding hydrogens is 334 g/mol. The largest absolute Gasteiger partial charge is 0.497 e. The van der Waals surface area contributed by atoms with Crippen LogP contribution in [-0.2, 0) is 15.0 Å². The molecule has 1 fully saturated rings. The van der Waals surface area contributed by atoms with Crippen LogP contribution in [0.4, 0.5) is 0 Å². The number of rotatable bonds is 7. The maximum Gasteiger partial charge on any atom is 0.280 e. The molecule has 0 aromatic heterocycles. The zero-order valence-electron chi connectivity index (χ0n) is 14.1.